The fourth-order valence-corrected chi connectivity index (χ4v) is 3.27. The van der Waals surface area contributed by atoms with Gasteiger partial charge in [0.25, 0.3) is 0 Å². The molecular weight excluding hydrogens is 276 g/mol. The van der Waals surface area contributed by atoms with Crippen molar-refractivity contribution in [1.29, 1.82) is 0 Å². The molecule has 3 rings (SSSR count). The molecule has 0 atom stereocenters. The Hall–Kier alpha value is -1.46. The van der Waals surface area contributed by atoms with Gasteiger partial charge in [0, 0.05) is 63.6 Å². The molecular formula is C17H26N4O. The van der Waals surface area contributed by atoms with Crippen molar-refractivity contribution in [3.05, 3.63) is 30.1 Å². The molecule has 1 aromatic rings. The van der Waals surface area contributed by atoms with Gasteiger partial charge in [-0.3, -0.25) is 19.6 Å². The van der Waals surface area contributed by atoms with E-state index >= 15 is 0 Å². The smallest absolute Gasteiger partial charge is 0.219 e. The van der Waals surface area contributed by atoms with Gasteiger partial charge < -0.3 is 5.32 Å². The van der Waals surface area contributed by atoms with E-state index in [0.29, 0.717) is 6.42 Å². The van der Waals surface area contributed by atoms with Crippen LogP contribution in [0.3, 0.4) is 0 Å². The Kier molecular flexibility index (Phi) is 4.74. The molecule has 1 aromatic heterocycles. The molecule has 1 aliphatic heterocycles. The monoisotopic (exact) mass is 302 g/mol. The molecule has 2 heterocycles. The lowest BCUT2D eigenvalue weighted by Crippen LogP contribution is -2.54. The van der Waals surface area contributed by atoms with Gasteiger partial charge in [0.1, 0.15) is 0 Å². The van der Waals surface area contributed by atoms with Crippen LogP contribution >= 0.6 is 0 Å². The van der Waals surface area contributed by atoms with Crippen molar-refractivity contribution in [2.75, 3.05) is 32.7 Å². The topological polar surface area (TPSA) is 48.5 Å². The molecule has 2 aliphatic rings. The normalized spacial score (nSPS) is 21.5. The summed E-state index contributed by atoms with van der Waals surface area (Å²) in [6.07, 6.45) is 6.80. The zero-order valence-electron chi connectivity index (χ0n) is 13.4. The molecule has 0 unspecified atom stereocenters. The Labute approximate surface area is 132 Å². The van der Waals surface area contributed by atoms with E-state index in [1.165, 1.54) is 18.4 Å². The highest BCUT2D eigenvalue weighted by Crippen LogP contribution is 2.41. The van der Waals surface area contributed by atoms with Crippen LogP contribution in [-0.4, -0.2) is 59.0 Å². The molecule has 5 nitrogen and oxygen atoms in total. The Bertz CT molecular complexity index is 493. The highest BCUT2D eigenvalue weighted by Gasteiger charge is 2.48. The maximum absolute atomic E-state index is 11.5. The second-order valence-electron chi connectivity index (χ2n) is 6.48. The minimum Gasteiger partial charge on any atom is -0.354 e. The average Bonchev–Trinajstić information content (AvgIpc) is 3.35. The quantitative estimate of drug-likeness (QED) is 0.859. The van der Waals surface area contributed by atoms with Gasteiger partial charge in [0.2, 0.25) is 5.91 Å². The molecule has 1 N–H and O–H groups in total. The highest BCUT2D eigenvalue weighted by atomic mass is 16.1. The van der Waals surface area contributed by atoms with Crippen molar-refractivity contribution in [1.82, 2.24) is 20.1 Å². The number of piperazine rings is 1. The summed E-state index contributed by atoms with van der Waals surface area (Å²) in [5.74, 6) is 0.168. The first-order valence-electron chi connectivity index (χ1n) is 8.35. The lowest BCUT2D eigenvalue weighted by Gasteiger charge is -2.39. The molecule has 0 radical (unpaired) electrons. The average molecular weight is 302 g/mol. The number of aromatic nitrogens is 1. The van der Waals surface area contributed by atoms with Gasteiger partial charge in [0.15, 0.2) is 0 Å². The van der Waals surface area contributed by atoms with Crippen molar-refractivity contribution < 1.29 is 4.79 Å². The van der Waals surface area contributed by atoms with Crippen LogP contribution in [0.2, 0.25) is 0 Å². The molecule has 1 saturated carbocycles. The maximum Gasteiger partial charge on any atom is 0.219 e. The summed E-state index contributed by atoms with van der Waals surface area (Å²) < 4.78 is 0. The third-order valence-electron chi connectivity index (χ3n) is 4.93. The summed E-state index contributed by atoms with van der Waals surface area (Å²) in [4.78, 5) is 20.7. The number of pyridine rings is 1. The SMILES string of the molecule is CCC(=O)NCC1(N2CCN(Cc3cccnc3)CC2)CC1. The number of carbonyl (C=O) groups is 1. The summed E-state index contributed by atoms with van der Waals surface area (Å²) in [6.45, 7) is 8.11. The van der Waals surface area contributed by atoms with E-state index in [4.69, 9.17) is 0 Å². The summed E-state index contributed by atoms with van der Waals surface area (Å²) in [5, 5.41) is 3.08. The molecule has 0 aromatic carbocycles. The maximum atomic E-state index is 11.5. The third-order valence-corrected chi connectivity index (χ3v) is 4.93. The molecule has 1 amide bonds. The molecule has 120 valence electrons. The van der Waals surface area contributed by atoms with Gasteiger partial charge in [0.05, 0.1) is 0 Å². The standard InChI is InChI=1S/C17H26N4O/c1-2-16(22)19-14-17(5-6-17)21-10-8-20(9-11-21)13-15-4-3-7-18-12-15/h3-4,7,12H,2,5-6,8-11,13-14H2,1H3,(H,19,22). The second-order valence-corrected chi connectivity index (χ2v) is 6.48. The highest BCUT2D eigenvalue weighted by molar-refractivity contribution is 5.75. The summed E-state index contributed by atoms with van der Waals surface area (Å²) in [6, 6.07) is 4.14. The van der Waals surface area contributed by atoms with E-state index in [-0.39, 0.29) is 11.4 Å². The predicted molar refractivity (Wildman–Crippen MR) is 86.4 cm³/mol. The molecule has 1 aliphatic carbocycles. The molecule has 5 heteroatoms. The third kappa shape index (κ3) is 3.65. The Morgan fingerprint density at radius 2 is 2.09 bits per heavy atom. The molecule has 22 heavy (non-hydrogen) atoms. The molecule has 0 bridgehead atoms. The van der Waals surface area contributed by atoms with Crippen LogP contribution in [0.25, 0.3) is 0 Å². The first-order valence-corrected chi connectivity index (χ1v) is 8.35. The summed E-state index contributed by atoms with van der Waals surface area (Å²) in [5.41, 5.74) is 1.54. The van der Waals surface area contributed by atoms with Crippen molar-refractivity contribution >= 4 is 5.91 Å². The Morgan fingerprint density at radius 1 is 1.32 bits per heavy atom. The number of hydrogen-bond acceptors (Lipinski definition) is 4. The van der Waals surface area contributed by atoms with Crippen LogP contribution in [0.1, 0.15) is 31.7 Å². The van der Waals surface area contributed by atoms with Crippen LogP contribution in [-0.2, 0) is 11.3 Å². The van der Waals surface area contributed by atoms with Gasteiger partial charge in [-0.15, -0.1) is 0 Å². The van der Waals surface area contributed by atoms with E-state index in [1.54, 1.807) is 0 Å². The summed E-state index contributed by atoms with van der Waals surface area (Å²) >= 11 is 0. The predicted octanol–water partition coefficient (Wildman–Crippen LogP) is 1.26. The van der Waals surface area contributed by atoms with E-state index in [9.17, 15) is 4.79 Å². The van der Waals surface area contributed by atoms with Gasteiger partial charge in [-0.05, 0) is 24.5 Å². The zero-order chi connectivity index (χ0) is 15.4. The first-order chi connectivity index (χ1) is 10.7. The largest absolute Gasteiger partial charge is 0.354 e. The number of amides is 1. The zero-order valence-corrected chi connectivity index (χ0v) is 13.4. The van der Waals surface area contributed by atoms with Crippen LogP contribution in [0.4, 0.5) is 0 Å². The number of hydrogen-bond donors (Lipinski definition) is 1. The fourth-order valence-electron chi connectivity index (χ4n) is 3.27. The van der Waals surface area contributed by atoms with E-state index in [0.717, 1.165) is 39.3 Å². The van der Waals surface area contributed by atoms with Crippen LogP contribution < -0.4 is 5.32 Å². The van der Waals surface area contributed by atoms with E-state index in [2.05, 4.69) is 26.2 Å². The van der Waals surface area contributed by atoms with Gasteiger partial charge >= 0.3 is 0 Å². The Morgan fingerprint density at radius 3 is 2.68 bits per heavy atom. The lowest BCUT2D eigenvalue weighted by molar-refractivity contribution is -0.121. The first kappa shape index (κ1) is 15.4. The van der Waals surface area contributed by atoms with Gasteiger partial charge in [-0.2, -0.15) is 0 Å². The van der Waals surface area contributed by atoms with Crippen LogP contribution in [0.5, 0.6) is 0 Å². The number of nitrogens with one attached hydrogen (secondary N) is 1. The van der Waals surface area contributed by atoms with Crippen molar-refractivity contribution in [2.45, 2.75) is 38.3 Å². The number of rotatable bonds is 6. The fraction of sp³-hybridized carbons (Fsp3) is 0.647. The molecule has 2 fully saturated rings. The van der Waals surface area contributed by atoms with Crippen molar-refractivity contribution in [2.24, 2.45) is 0 Å². The van der Waals surface area contributed by atoms with Crippen molar-refractivity contribution in [3.8, 4) is 0 Å². The molecule has 0 spiro atoms. The minimum atomic E-state index is 0.168. The van der Waals surface area contributed by atoms with E-state index < -0.39 is 0 Å². The molecule has 1 saturated heterocycles. The summed E-state index contributed by atoms with van der Waals surface area (Å²) in [7, 11) is 0. The Balaban J connectivity index is 1.46. The van der Waals surface area contributed by atoms with Gasteiger partial charge in [-0.1, -0.05) is 13.0 Å². The second kappa shape index (κ2) is 6.75. The van der Waals surface area contributed by atoms with Crippen LogP contribution in [0.15, 0.2) is 24.5 Å². The van der Waals surface area contributed by atoms with Gasteiger partial charge in [-0.25, -0.2) is 0 Å². The van der Waals surface area contributed by atoms with E-state index in [1.807, 2.05) is 25.4 Å². The minimum absolute atomic E-state index is 0.168. The number of carbonyl (C=O) groups excluding carboxylic acids is 1. The van der Waals surface area contributed by atoms with Crippen molar-refractivity contribution in [3.63, 3.8) is 0 Å². The van der Waals surface area contributed by atoms with Crippen LogP contribution in [0, 0.1) is 0 Å². The lowest BCUT2D eigenvalue weighted by atomic mass is 10.1. The number of nitrogens with zero attached hydrogens (tertiary/aromatic N) is 3.